The fourth-order valence-corrected chi connectivity index (χ4v) is 3.63. The molecule has 2 aliphatic rings. The first kappa shape index (κ1) is 8.97. The van der Waals surface area contributed by atoms with E-state index >= 15 is 0 Å². The first-order chi connectivity index (χ1) is 5.73. The zero-order valence-electron chi connectivity index (χ0n) is 7.18. The predicted octanol–water partition coefficient (Wildman–Crippen LogP) is 2.61. The summed E-state index contributed by atoms with van der Waals surface area (Å²) in [5, 5.41) is 3.41. The molecule has 2 fully saturated rings. The van der Waals surface area contributed by atoms with Crippen LogP contribution in [0.3, 0.4) is 0 Å². The predicted molar refractivity (Wildman–Crippen MR) is 58.4 cm³/mol. The second kappa shape index (κ2) is 3.28. The Morgan fingerprint density at radius 2 is 2.17 bits per heavy atom. The molecule has 1 spiro atoms. The second-order valence-corrected chi connectivity index (χ2v) is 5.83. The summed E-state index contributed by atoms with van der Waals surface area (Å²) in [6, 6.07) is 0. The van der Waals surface area contributed by atoms with Gasteiger partial charge in [-0.1, -0.05) is 19.4 Å². The zero-order valence-corrected chi connectivity index (χ0v) is 8.89. The summed E-state index contributed by atoms with van der Waals surface area (Å²) in [5.41, 5.74) is 0.421. The van der Waals surface area contributed by atoms with Crippen molar-refractivity contribution in [1.82, 2.24) is 5.32 Å². The second-order valence-electron chi connectivity index (χ2n) is 3.76. The highest BCUT2D eigenvalue weighted by molar-refractivity contribution is 8.12. The van der Waals surface area contributed by atoms with Crippen LogP contribution in [-0.4, -0.2) is 11.3 Å². The largest absolute Gasteiger partial charge is 0.296 e. The van der Waals surface area contributed by atoms with Crippen LogP contribution in [-0.2, 0) is 0 Å². The lowest BCUT2D eigenvalue weighted by Crippen LogP contribution is -2.40. The van der Waals surface area contributed by atoms with Gasteiger partial charge in [0.05, 0.1) is 0 Å². The van der Waals surface area contributed by atoms with Crippen molar-refractivity contribution in [1.29, 1.82) is 0 Å². The van der Waals surface area contributed by atoms with Gasteiger partial charge >= 0.3 is 0 Å². The molecular formula is C9H15NS2. The van der Waals surface area contributed by atoms with Crippen LogP contribution in [0.5, 0.6) is 0 Å². The highest BCUT2D eigenvalue weighted by Crippen LogP contribution is 2.50. The number of thioether (sulfide) groups is 1. The Hall–Kier alpha value is 0.400. The van der Waals surface area contributed by atoms with E-state index in [9.17, 15) is 0 Å². The molecule has 0 radical (unpaired) electrons. The maximum Gasteiger partial charge on any atom is 0.102 e. The van der Waals surface area contributed by atoms with Gasteiger partial charge in [0.2, 0.25) is 0 Å². The molecule has 1 atom stereocenters. The van der Waals surface area contributed by atoms with Crippen LogP contribution in [0.15, 0.2) is 11.5 Å². The van der Waals surface area contributed by atoms with Crippen LogP contribution in [0.1, 0.15) is 25.7 Å². The Balaban J connectivity index is 2.11. The minimum Gasteiger partial charge on any atom is -0.296 e. The third-order valence-corrected chi connectivity index (χ3v) is 4.63. The summed E-state index contributed by atoms with van der Waals surface area (Å²) in [7, 11) is 0. The maximum absolute atomic E-state index is 4.39. The quantitative estimate of drug-likeness (QED) is 0.584. The van der Waals surface area contributed by atoms with Gasteiger partial charge in [0.25, 0.3) is 0 Å². The molecule has 0 bridgehead atoms. The van der Waals surface area contributed by atoms with Gasteiger partial charge in [-0.05, 0) is 17.7 Å². The Labute approximate surface area is 83.8 Å². The molecule has 0 aromatic carbocycles. The number of rotatable bonds is 0. The van der Waals surface area contributed by atoms with E-state index in [4.69, 9.17) is 0 Å². The maximum atomic E-state index is 4.39. The van der Waals surface area contributed by atoms with Crippen LogP contribution in [0.4, 0.5) is 0 Å². The van der Waals surface area contributed by atoms with Crippen molar-refractivity contribution >= 4 is 24.4 Å². The first-order valence-electron chi connectivity index (χ1n) is 4.50. The average molecular weight is 201 g/mol. The fraction of sp³-hybridized carbons (Fsp3) is 0.778. The first-order valence-corrected chi connectivity index (χ1v) is 5.90. The Kier molecular flexibility index (Phi) is 2.45. The standard InChI is InChI=1S/C9H15NS2/c1-7-9(4-2-3-5-9)6-10-8(11)12-7/h8,10-11H,1-6H2. The lowest BCUT2D eigenvalue weighted by atomic mass is 9.86. The molecule has 1 saturated heterocycles. The third kappa shape index (κ3) is 1.42. The summed E-state index contributed by atoms with van der Waals surface area (Å²) in [6.07, 6.45) is 5.40. The highest BCUT2D eigenvalue weighted by atomic mass is 32.2. The number of nitrogens with one attached hydrogen (secondary N) is 1. The summed E-state index contributed by atoms with van der Waals surface area (Å²) in [4.78, 5) is 1.36. The lowest BCUT2D eigenvalue weighted by Gasteiger charge is -2.38. The summed E-state index contributed by atoms with van der Waals surface area (Å²) in [6.45, 7) is 5.26. The summed E-state index contributed by atoms with van der Waals surface area (Å²) < 4.78 is 0.267. The average Bonchev–Trinajstić information content (AvgIpc) is 2.48. The number of hydrogen-bond acceptors (Lipinski definition) is 3. The molecule has 1 unspecified atom stereocenters. The van der Waals surface area contributed by atoms with Crippen molar-refractivity contribution in [3.8, 4) is 0 Å². The van der Waals surface area contributed by atoms with Crippen molar-refractivity contribution < 1.29 is 0 Å². The van der Waals surface area contributed by atoms with E-state index in [1.807, 2.05) is 0 Å². The van der Waals surface area contributed by atoms with Crippen LogP contribution < -0.4 is 5.32 Å². The monoisotopic (exact) mass is 201 g/mol. The van der Waals surface area contributed by atoms with Crippen LogP contribution >= 0.6 is 24.4 Å². The molecular weight excluding hydrogens is 186 g/mol. The molecule has 2 rings (SSSR count). The molecule has 0 aromatic rings. The molecule has 1 aliphatic heterocycles. The highest BCUT2D eigenvalue weighted by Gasteiger charge is 2.40. The van der Waals surface area contributed by atoms with E-state index in [0.29, 0.717) is 5.41 Å². The number of hydrogen-bond donors (Lipinski definition) is 2. The van der Waals surface area contributed by atoms with E-state index in [1.54, 1.807) is 11.8 Å². The molecule has 3 heteroatoms. The van der Waals surface area contributed by atoms with Gasteiger partial charge in [0, 0.05) is 12.0 Å². The van der Waals surface area contributed by atoms with E-state index in [1.165, 1.54) is 30.6 Å². The molecule has 1 N–H and O–H groups in total. The molecule has 1 saturated carbocycles. The molecule has 12 heavy (non-hydrogen) atoms. The molecule has 1 nitrogen and oxygen atoms in total. The molecule has 1 heterocycles. The Bertz CT molecular complexity index is 197. The van der Waals surface area contributed by atoms with Crippen LogP contribution in [0.25, 0.3) is 0 Å². The van der Waals surface area contributed by atoms with Gasteiger partial charge in [-0.2, -0.15) is 0 Å². The lowest BCUT2D eigenvalue weighted by molar-refractivity contribution is 0.359. The SMILES string of the molecule is C=C1SC(S)NCC12CCCC2. The van der Waals surface area contributed by atoms with Crippen molar-refractivity contribution in [3.05, 3.63) is 11.5 Å². The van der Waals surface area contributed by atoms with Gasteiger partial charge in [0.15, 0.2) is 0 Å². The summed E-state index contributed by atoms with van der Waals surface area (Å²) in [5.74, 6) is 0. The molecule has 0 aromatic heterocycles. The molecule has 1 aliphatic carbocycles. The van der Waals surface area contributed by atoms with Crippen molar-refractivity contribution in [3.63, 3.8) is 0 Å². The minimum absolute atomic E-state index is 0.267. The number of thiol groups is 1. The Morgan fingerprint density at radius 1 is 1.50 bits per heavy atom. The fourth-order valence-electron chi connectivity index (χ4n) is 2.19. The van der Waals surface area contributed by atoms with E-state index in [0.717, 1.165) is 6.54 Å². The van der Waals surface area contributed by atoms with Gasteiger partial charge < -0.3 is 0 Å². The molecule has 0 amide bonds. The van der Waals surface area contributed by atoms with Gasteiger partial charge in [-0.25, -0.2) is 0 Å². The summed E-state index contributed by atoms with van der Waals surface area (Å²) >= 11 is 6.18. The van der Waals surface area contributed by atoms with Crippen LogP contribution in [0, 0.1) is 5.41 Å². The van der Waals surface area contributed by atoms with Crippen molar-refractivity contribution in [2.24, 2.45) is 5.41 Å². The van der Waals surface area contributed by atoms with E-state index in [2.05, 4.69) is 24.5 Å². The van der Waals surface area contributed by atoms with Gasteiger partial charge in [-0.3, -0.25) is 5.32 Å². The minimum atomic E-state index is 0.267. The van der Waals surface area contributed by atoms with Gasteiger partial charge in [0.1, 0.15) is 4.71 Å². The van der Waals surface area contributed by atoms with Crippen molar-refractivity contribution in [2.45, 2.75) is 30.4 Å². The van der Waals surface area contributed by atoms with Crippen LogP contribution in [0.2, 0.25) is 0 Å². The Morgan fingerprint density at radius 3 is 2.75 bits per heavy atom. The smallest absolute Gasteiger partial charge is 0.102 e. The van der Waals surface area contributed by atoms with E-state index < -0.39 is 0 Å². The molecule has 68 valence electrons. The normalized spacial score (nSPS) is 34.4. The zero-order chi connectivity index (χ0) is 8.60. The topological polar surface area (TPSA) is 12.0 Å². The third-order valence-electron chi connectivity index (χ3n) is 3.02. The van der Waals surface area contributed by atoms with Crippen molar-refractivity contribution in [2.75, 3.05) is 6.54 Å². The van der Waals surface area contributed by atoms with Gasteiger partial charge in [-0.15, -0.1) is 24.4 Å². The van der Waals surface area contributed by atoms with E-state index in [-0.39, 0.29) is 4.71 Å².